The highest BCUT2D eigenvalue weighted by Crippen LogP contribution is 2.27. The van der Waals surface area contributed by atoms with Gasteiger partial charge in [-0.15, -0.1) is 0 Å². The number of anilines is 2. The van der Waals surface area contributed by atoms with Crippen LogP contribution in [0, 0.1) is 11.3 Å². The van der Waals surface area contributed by atoms with Crippen molar-refractivity contribution in [2.24, 2.45) is 0 Å². The fraction of sp³-hybridized carbons (Fsp3) is 0.350. The van der Waals surface area contributed by atoms with Crippen LogP contribution >= 0.6 is 0 Å². The number of para-hydroxylation sites is 1. The average Bonchev–Trinajstić information content (AvgIpc) is 3.13. The smallest absolute Gasteiger partial charge is 0.322 e. The van der Waals surface area contributed by atoms with E-state index in [4.69, 9.17) is 5.26 Å². The Morgan fingerprint density at radius 3 is 2.69 bits per heavy atom. The van der Waals surface area contributed by atoms with E-state index >= 15 is 0 Å². The molecule has 0 radical (unpaired) electrons. The van der Waals surface area contributed by atoms with Gasteiger partial charge in [0.2, 0.25) is 0 Å². The van der Waals surface area contributed by atoms with Crippen molar-refractivity contribution in [1.82, 2.24) is 10.3 Å². The summed E-state index contributed by atoms with van der Waals surface area (Å²) in [5, 5.41) is 12.0. The zero-order valence-electron chi connectivity index (χ0n) is 14.6. The SMILES string of the molecule is N#Cc1ccc(N2CCC(NC(=O)N3CCc4ccccc43)CC2)nc1. The molecule has 0 unspecified atom stereocenters. The van der Waals surface area contributed by atoms with Crippen molar-refractivity contribution < 1.29 is 4.79 Å². The largest absolute Gasteiger partial charge is 0.356 e. The minimum Gasteiger partial charge on any atom is -0.356 e. The minimum absolute atomic E-state index is 0.00454. The molecule has 0 aliphatic carbocycles. The maximum absolute atomic E-state index is 12.7. The number of hydrogen-bond acceptors (Lipinski definition) is 4. The molecule has 0 saturated carbocycles. The number of pyridine rings is 1. The summed E-state index contributed by atoms with van der Waals surface area (Å²) in [6.45, 7) is 2.44. The number of amides is 2. The molecular formula is C20H21N5O. The van der Waals surface area contributed by atoms with Gasteiger partial charge in [-0.2, -0.15) is 5.26 Å². The second-order valence-electron chi connectivity index (χ2n) is 6.76. The number of nitrogens with one attached hydrogen (secondary N) is 1. The highest BCUT2D eigenvalue weighted by molar-refractivity contribution is 5.94. The number of aromatic nitrogens is 1. The standard InChI is InChI=1S/C20H21N5O/c21-13-15-5-6-19(22-14-15)24-10-8-17(9-11-24)23-20(26)25-12-7-16-3-1-2-4-18(16)25/h1-6,14,17H,7-12H2,(H,23,26). The number of carbonyl (C=O) groups is 1. The summed E-state index contributed by atoms with van der Waals surface area (Å²) in [5.74, 6) is 0.891. The Balaban J connectivity index is 1.33. The van der Waals surface area contributed by atoms with Crippen LogP contribution in [0.4, 0.5) is 16.3 Å². The molecule has 1 aromatic carbocycles. The van der Waals surface area contributed by atoms with Crippen molar-refractivity contribution in [1.29, 1.82) is 5.26 Å². The van der Waals surface area contributed by atoms with Gasteiger partial charge in [0.1, 0.15) is 11.9 Å². The van der Waals surface area contributed by atoms with Gasteiger partial charge in [0.25, 0.3) is 0 Å². The van der Waals surface area contributed by atoms with Crippen LogP contribution in [0.15, 0.2) is 42.6 Å². The van der Waals surface area contributed by atoms with Crippen LogP contribution in [0.5, 0.6) is 0 Å². The van der Waals surface area contributed by atoms with E-state index < -0.39 is 0 Å². The summed E-state index contributed by atoms with van der Waals surface area (Å²) in [5.41, 5.74) is 2.84. The molecule has 3 heterocycles. The predicted octanol–water partition coefficient (Wildman–Crippen LogP) is 2.69. The molecule has 0 atom stereocenters. The second-order valence-corrected chi connectivity index (χ2v) is 6.76. The summed E-state index contributed by atoms with van der Waals surface area (Å²) >= 11 is 0. The molecular weight excluding hydrogens is 326 g/mol. The quantitative estimate of drug-likeness (QED) is 0.907. The topological polar surface area (TPSA) is 72.3 Å². The van der Waals surface area contributed by atoms with Gasteiger partial charge >= 0.3 is 6.03 Å². The van der Waals surface area contributed by atoms with Crippen LogP contribution in [-0.4, -0.2) is 36.7 Å². The van der Waals surface area contributed by atoms with Crippen molar-refractivity contribution >= 4 is 17.5 Å². The zero-order valence-corrected chi connectivity index (χ0v) is 14.6. The van der Waals surface area contributed by atoms with Crippen molar-refractivity contribution in [2.45, 2.75) is 25.3 Å². The lowest BCUT2D eigenvalue weighted by atomic mass is 10.1. The van der Waals surface area contributed by atoms with Gasteiger partial charge in [0.15, 0.2) is 0 Å². The summed E-state index contributed by atoms with van der Waals surface area (Å²) < 4.78 is 0. The molecule has 6 heteroatoms. The summed E-state index contributed by atoms with van der Waals surface area (Å²) in [4.78, 5) is 21.1. The van der Waals surface area contributed by atoms with E-state index in [2.05, 4.69) is 27.3 Å². The number of rotatable bonds is 2. The molecule has 2 amide bonds. The Morgan fingerprint density at radius 1 is 1.15 bits per heavy atom. The van der Waals surface area contributed by atoms with Crippen molar-refractivity contribution in [2.75, 3.05) is 29.4 Å². The lowest BCUT2D eigenvalue weighted by molar-refractivity contribution is 0.240. The minimum atomic E-state index is 0.00454. The molecule has 2 aliphatic rings. The van der Waals surface area contributed by atoms with Gasteiger partial charge in [-0.3, -0.25) is 4.90 Å². The van der Waals surface area contributed by atoms with E-state index in [1.54, 1.807) is 12.3 Å². The third-order valence-corrected chi connectivity index (χ3v) is 5.16. The Morgan fingerprint density at radius 2 is 1.96 bits per heavy atom. The van der Waals surface area contributed by atoms with Crippen LogP contribution in [0.1, 0.15) is 24.0 Å². The molecule has 4 rings (SSSR count). The fourth-order valence-corrected chi connectivity index (χ4v) is 3.69. The van der Waals surface area contributed by atoms with Gasteiger partial charge < -0.3 is 10.2 Å². The van der Waals surface area contributed by atoms with E-state index in [0.29, 0.717) is 5.56 Å². The first-order chi connectivity index (χ1) is 12.7. The van der Waals surface area contributed by atoms with Crippen LogP contribution in [0.25, 0.3) is 0 Å². The monoisotopic (exact) mass is 347 g/mol. The molecule has 2 aromatic rings. The number of urea groups is 1. The first kappa shape index (κ1) is 16.4. The van der Waals surface area contributed by atoms with Crippen LogP contribution in [0.3, 0.4) is 0 Å². The van der Waals surface area contributed by atoms with Gasteiger partial charge in [-0.05, 0) is 43.0 Å². The fourth-order valence-electron chi connectivity index (χ4n) is 3.69. The molecule has 0 spiro atoms. The normalized spacial score (nSPS) is 16.9. The van der Waals surface area contributed by atoms with E-state index in [-0.39, 0.29) is 12.1 Å². The Bertz CT molecular complexity index is 834. The highest BCUT2D eigenvalue weighted by atomic mass is 16.2. The first-order valence-corrected chi connectivity index (χ1v) is 9.01. The molecule has 6 nitrogen and oxygen atoms in total. The third-order valence-electron chi connectivity index (χ3n) is 5.16. The zero-order chi connectivity index (χ0) is 17.9. The van der Waals surface area contributed by atoms with Gasteiger partial charge in [0, 0.05) is 37.6 Å². The van der Waals surface area contributed by atoms with Gasteiger partial charge in [0.05, 0.1) is 5.56 Å². The van der Waals surface area contributed by atoms with Gasteiger partial charge in [-0.1, -0.05) is 18.2 Å². The molecule has 1 aromatic heterocycles. The maximum atomic E-state index is 12.7. The molecule has 26 heavy (non-hydrogen) atoms. The van der Waals surface area contributed by atoms with Crippen LogP contribution < -0.4 is 15.1 Å². The average molecular weight is 347 g/mol. The van der Waals surface area contributed by atoms with E-state index in [9.17, 15) is 4.79 Å². The molecule has 2 aliphatic heterocycles. The molecule has 1 N–H and O–H groups in total. The summed E-state index contributed by atoms with van der Waals surface area (Å²) in [6, 6.07) is 14.1. The number of nitrogens with zero attached hydrogens (tertiary/aromatic N) is 4. The Labute approximate surface area is 153 Å². The number of carbonyl (C=O) groups excluding carboxylic acids is 1. The molecule has 132 valence electrons. The first-order valence-electron chi connectivity index (χ1n) is 9.01. The lowest BCUT2D eigenvalue weighted by Crippen LogP contribution is -2.49. The summed E-state index contributed by atoms with van der Waals surface area (Å²) in [6.07, 6.45) is 4.31. The van der Waals surface area contributed by atoms with E-state index in [0.717, 1.165) is 50.4 Å². The van der Waals surface area contributed by atoms with Crippen molar-refractivity contribution in [3.05, 3.63) is 53.7 Å². The Hall–Kier alpha value is -3.07. The number of nitriles is 1. The number of benzene rings is 1. The lowest BCUT2D eigenvalue weighted by Gasteiger charge is -2.34. The number of hydrogen-bond donors (Lipinski definition) is 1. The van der Waals surface area contributed by atoms with Crippen molar-refractivity contribution in [3.63, 3.8) is 0 Å². The summed E-state index contributed by atoms with van der Waals surface area (Å²) in [7, 11) is 0. The molecule has 1 saturated heterocycles. The number of piperidine rings is 1. The predicted molar refractivity (Wildman–Crippen MR) is 100 cm³/mol. The van der Waals surface area contributed by atoms with Crippen molar-refractivity contribution in [3.8, 4) is 6.07 Å². The number of fused-ring (bicyclic) bond motifs is 1. The Kier molecular flexibility index (Phi) is 4.44. The maximum Gasteiger partial charge on any atom is 0.322 e. The third kappa shape index (κ3) is 3.21. The van der Waals surface area contributed by atoms with Gasteiger partial charge in [-0.25, -0.2) is 9.78 Å². The highest BCUT2D eigenvalue weighted by Gasteiger charge is 2.27. The van der Waals surface area contributed by atoms with Crippen LogP contribution in [-0.2, 0) is 6.42 Å². The van der Waals surface area contributed by atoms with E-state index in [1.165, 1.54) is 5.56 Å². The van der Waals surface area contributed by atoms with E-state index in [1.807, 2.05) is 29.2 Å². The second kappa shape index (κ2) is 7.04. The molecule has 1 fully saturated rings. The molecule has 0 bridgehead atoms. The van der Waals surface area contributed by atoms with Crippen LogP contribution in [0.2, 0.25) is 0 Å².